The molecule has 3 rings (SSSR count). The van der Waals surface area contributed by atoms with Gasteiger partial charge in [0.15, 0.2) is 5.17 Å². The van der Waals surface area contributed by atoms with Crippen molar-refractivity contribution in [1.82, 2.24) is 4.90 Å². The van der Waals surface area contributed by atoms with E-state index in [1.54, 1.807) is 6.26 Å². The molecule has 1 aliphatic heterocycles. The minimum atomic E-state index is 0.772. The molecule has 0 bridgehead atoms. The van der Waals surface area contributed by atoms with Gasteiger partial charge >= 0.3 is 0 Å². The van der Waals surface area contributed by atoms with Crippen molar-refractivity contribution in [3.63, 3.8) is 0 Å². The van der Waals surface area contributed by atoms with Gasteiger partial charge in [-0.25, -0.2) is 0 Å². The zero-order valence-corrected chi connectivity index (χ0v) is 13.8. The molecule has 0 radical (unpaired) electrons. The van der Waals surface area contributed by atoms with Gasteiger partial charge in [0.25, 0.3) is 0 Å². The SMILES string of the molecule is CCc1ccc(CN(Cc2ccco2)C2=NCCCS2)cc1. The van der Waals surface area contributed by atoms with Crippen LogP contribution >= 0.6 is 11.8 Å². The molecule has 0 spiro atoms. The third kappa shape index (κ3) is 3.95. The number of aryl methyl sites for hydroxylation is 1. The highest BCUT2D eigenvalue weighted by Gasteiger charge is 2.16. The van der Waals surface area contributed by atoms with E-state index in [1.165, 1.54) is 17.5 Å². The zero-order valence-electron chi connectivity index (χ0n) is 13.0. The highest BCUT2D eigenvalue weighted by molar-refractivity contribution is 8.13. The Labute approximate surface area is 136 Å². The molecule has 1 aliphatic rings. The van der Waals surface area contributed by atoms with Crippen molar-refractivity contribution in [3.8, 4) is 0 Å². The van der Waals surface area contributed by atoms with E-state index in [-0.39, 0.29) is 0 Å². The lowest BCUT2D eigenvalue weighted by Crippen LogP contribution is -2.29. The van der Waals surface area contributed by atoms with Crippen LogP contribution in [-0.2, 0) is 19.5 Å². The summed E-state index contributed by atoms with van der Waals surface area (Å²) < 4.78 is 5.52. The maximum Gasteiger partial charge on any atom is 0.159 e. The highest BCUT2D eigenvalue weighted by Crippen LogP contribution is 2.21. The van der Waals surface area contributed by atoms with Gasteiger partial charge in [0.2, 0.25) is 0 Å². The molecule has 2 heterocycles. The van der Waals surface area contributed by atoms with Crippen LogP contribution in [0.2, 0.25) is 0 Å². The van der Waals surface area contributed by atoms with Gasteiger partial charge in [-0.05, 0) is 36.1 Å². The summed E-state index contributed by atoms with van der Waals surface area (Å²) in [6, 6.07) is 12.9. The van der Waals surface area contributed by atoms with Crippen LogP contribution in [0.1, 0.15) is 30.2 Å². The average molecular weight is 314 g/mol. The van der Waals surface area contributed by atoms with Gasteiger partial charge in [-0.3, -0.25) is 4.99 Å². The lowest BCUT2D eigenvalue weighted by atomic mass is 10.1. The molecule has 0 amide bonds. The molecule has 0 aliphatic carbocycles. The molecular weight excluding hydrogens is 292 g/mol. The fraction of sp³-hybridized carbons (Fsp3) is 0.389. The lowest BCUT2D eigenvalue weighted by Gasteiger charge is -2.27. The Morgan fingerprint density at radius 1 is 1.14 bits per heavy atom. The van der Waals surface area contributed by atoms with Gasteiger partial charge < -0.3 is 9.32 Å². The Morgan fingerprint density at radius 3 is 2.59 bits per heavy atom. The monoisotopic (exact) mass is 314 g/mol. The van der Waals surface area contributed by atoms with Crippen LogP contribution in [0.5, 0.6) is 0 Å². The van der Waals surface area contributed by atoms with E-state index in [0.717, 1.165) is 42.7 Å². The fourth-order valence-corrected chi connectivity index (χ4v) is 3.47. The average Bonchev–Trinajstić information content (AvgIpc) is 3.09. The first-order valence-corrected chi connectivity index (χ1v) is 8.86. The number of hydrogen-bond donors (Lipinski definition) is 0. The molecule has 0 saturated carbocycles. The molecule has 3 nitrogen and oxygen atoms in total. The van der Waals surface area contributed by atoms with Gasteiger partial charge in [-0.15, -0.1) is 0 Å². The summed E-state index contributed by atoms with van der Waals surface area (Å²) in [4.78, 5) is 7.03. The molecule has 1 aromatic heterocycles. The predicted molar refractivity (Wildman–Crippen MR) is 93.2 cm³/mol. The van der Waals surface area contributed by atoms with Crippen LogP contribution < -0.4 is 0 Å². The van der Waals surface area contributed by atoms with E-state index in [9.17, 15) is 0 Å². The van der Waals surface area contributed by atoms with Crippen LogP contribution in [-0.4, -0.2) is 22.4 Å². The summed E-state index contributed by atoms with van der Waals surface area (Å²) in [6.07, 6.45) is 3.99. The quantitative estimate of drug-likeness (QED) is 0.822. The lowest BCUT2D eigenvalue weighted by molar-refractivity contribution is 0.360. The second-order valence-corrected chi connectivity index (χ2v) is 6.53. The Bertz CT molecular complexity index is 605. The highest BCUT2D eigenvalue weighted by atomic mass is 32.2. The number of thioether (sulfide) groups is 1. The van der Waals surface area contributed by atoms with E-state index in [0.29, 0.717) is 0 Å². The standard InChI is InChI=1S/C18H22N2OS/c1-2-15-6-8-16(9-7-15)13-20(14-17-5-3-11-21-17)18-19-10-4-12-22-18/h3,5-9,11H,2,4,10,12-14H2,1H3. The van der Waals surface area contributed by atoms with E-state index >= 15 is 0 Å². The minimum absolute atomic E-state index is 0.772. The summed E-state index contributed by atoms with van der Waals surface area (Å²) in [5, 5.41) is 1.14. The number of rotatable bonds is 5. The molecule has 0 fully saturated rings. The fourth-order valence-electron chi connectivity index (χ4n) is 2.52. The Morgan fingerprint density at radius 2 is 1.95 bits per heavy atom. The molecule has 4 heteroatoms. The van der Waals surface area contributed by atoms with Gasteiger partial charge in [0.05, 0.1) is 12.8 Å². The number of aliphatic imine (C=N–C) groups is 1. The third-order valence-corrected chi connectivity index (χ3v) is 4.92. The van der Waals surface area contributed by atoms with Crippen LogP contribution in [0.15, 0.2) is 52.1 Å². The summed E-state index contributed by atoms with van der Waals surface area (Å²) in [5.41, 5.74) is 2.70. The van der Waals surface area contributed by atoms with E-state index in [1.807, 2.05) is 23.9 Å². The second kappa shape index (κ2) is 7.54. The molecule has 0 unspecified atom stereocenters. The van der Waals surface area contributed by atoms with Crippen molar-refractivity contribution < 1.29 is 4.42 Å². The number of furan rings is 1. The van der Waals surface area contributed by atoms with Crippen LogP contribution in [0.4, 0.5) is 0 Å². The van der Waals surface area contributed by atoms with Crippen molar-refractivity contribution in [2.75, 3.05) is 12.3 Å². The van der Waals surface area contributed by atoms with Crippen molar-refractivity contribution in [2.45, 2.75) is 32.9 Å². The molecule has 1 aromatic carbocycles. The van der Waals surface area contributed by atoms with E-state index in [4.69, 9.17) is 9.41 Å². The molecule has 0 saturated heterocycles. The number of nitrogens with zero attached hydrogens (tertiary/aromatic N) is 2. The molecule has 116 valence electrons. The molecule has 22 heavy (non-hydrogen) atoms. The van der Waals surface area contributed by atoms with Gasteiger partial charge in [-0.2, -0.15) is 0 Å². The molecular formula is C18H22N2OS. The smallest absolute Gasteiger partial charge is 0.159 e. The summed E-state index contributed by atoms with van der Waals surface area (Å²) in [7, 11) is 0. The van der Waals surface area contributed by atoms with Crippen molar-refractivity contribution in [1.29, 1.82) is 0 Å². The second-order valence-electron chi connectivity index (χ2n) is 5.47. The summed E-state index contributed by atoms with van der Waals surface area (Å²) in [5.74, 6) is 2.14. The number of benzene rings is 1. The molecule has 0 atom stereocenters. The Kier molecular flexibility index (Phi) is 5.22. The number of amidine groups is 1. The van der Waals surface area contributed by atoms with Crippen LogP contribution in [0.3, 0.4) is 0 Å². The third-order valence-electron chi connectivity index (χ3n) is 3.78. The summed E-state index contributed by atoms with van der Waals surface area (Å²) >= 11 is 1.85. The first kappa shape index (κ1) is 15.2. The van der Waals surface area contributed by atoms with Gasteiger partial charge in [0, 0.05) is 18.8 Å². The summed E-state index contributed by atoms with van der Waals surface area (Å²) in [6.45, 7) is 4.77. The minimum Gasteiger partial charge on any atom is -0.467 e. The van der Waals surface area contributed by atoms with Gasteiger partial charge in [-0.1, -0.05) is 43.0 Å². The van der Waals surface area contributed by atoms with Gasteiger partial charge in [0.1, 0.15) is 5.76 Å². The van der Waals surface area contributed by atoms with Crippen LogP contribution in [0, 0.1) is 0 Å². The van der Waals surface area contributed by atoms with Crippen LogP contribution in [0.25, 0.3) is 0 Å². The van der Waals surface area contributed by atoms with Crippen molar-refractivity contribution in [3.05, 3.63) is 59.5 Å². The first-order chi connectivity index (χ1) is 10.8. The predicted octanol–water partition coefficient (Wildman–Crippen LogP) is 4.34. The topological polar surface area (TPSA) is 28.7 Å². The van der Waals surface area contributed by atoms with Crippen molar-refractivity contribution >= 4 is 16.9 Å². The molecule has 2 aromatic rings. The zero-order chi connectivity index (χ0) is 15.2. The Balaban J connectivity index is 1.76. The van der Waals surface area contributed by atoms with Crippen molar-refractivity contribution in [2.24, 2.45) is 4.99 Å². The maximum absolute atomic E-state index is 5.52. The molecule has 0 N–H and O–H groups in total. The first-order valence-electron chi connectivity index (χ1n) is 7.87. The Hall–Kier alpha value is -1.68. The normalized spacial score (nSPS) is 14.7. The maximum atomic E-state index is 5.52. The van der Waals surface area contributed by atoms with E-state index in [2.05, 4.69) is 36.1 Å². The van der Waals surface area contributed by atoms with E-state index < -0.39 is 0 Å². The largest absolute Gasteiger partial charge is 0.467 e. The number of hydrogen-bond acceptors (Lipinski definition) is 4.